The van der Waals surface area contributed by atoms with Gasteiger partial charge in [0.2, 0.25) is 4.80 Å². The lowest BCUT2D eigenvalue weighted by atomic mass is 10.1. The highest BCUT2D eigenvalue weighted by Crippen LogP contribution is 2.23. The summed E-state index contributed by atoms with van der Waals surface area (Å²) >= 11 is 7.52. The average molecular weight is 426 g/mol. The van der Waals surface area contributed by atoms with Gasteiger partial charge in [-0.1, -0.05) is 35.9 Å². The minimum Gasteiger partial charge on any atom is -0.467 e. The highest BCUT2D eigenvalue weighted by Gasteiger charge is 2.10. The Hall–Kier alpha value is -2.96. The molecule has 7 heteroatoms. The Morgan fingerprint density at radius 2 is 1.86 bits per heavy atom. The van der Waals surface area contributed by atoms with Crippen LogP contribution in [0.2, 0.25) is 5.02 Å². The molecule has 4 aromatic rings. The number of furan rings is 1. The van der Waals surface area contributed by atoms with Crippen LogP contribution in [0.3, 0.4) is 0 Å². The molecule has 0 unspecified atom stereocenters. The maximum atomic E-state index is 13.1. The van der Waals surface area contributed by atoms with Gasteiger partial charge in [-0.25, -0.2) is 4.39 Å². The van der Waals surface area contributed by atoms with Crippen LogP contribution in [0.4, 0.5) is 4.39 Å². The average Bonchev–Trinajstić information content (AvgIpc) is 3.38. The van der Waals surface area contributed by atoms with E-state index in [0.717, 1.165) is 27.4 Å². The fourth-order valence-corrected chi connectivity index (χ4v) is 3.82. The van der Waals surface area contributed by atoms with Gasteiger partial charge >= 0.3 is 0 Å². The Balaban J connectivity index is 1.76. The van der Waals surface area contributed by atoms with Crippen molar-refractivity contribution in [1.29, 1.82) is 0 Å². The maximum absolute atomic E-state index is 13.1. The Morgan fingerprint density at radius 3 is 2.55 bits per heavy atom. The molecule has 29 heavy (non-hydrogen) atoms. The van der Waals surface area contributed by atoms with Gasteiger partial charge in [-0.3, -0.25) is 0 Å². The molecule has 0 aliphatic carbocycles. The normalized spacial score (nSPS) is 12.5. The van der Waals surface area contributed by atoms with E-state index in [2.05, 4.69) is 10.2 Å². The van der Waals surface area contributed by atoms with E-state index in [4.69, 9.17) is 16.0 Å². The lowest BCUT2D eigenvalue weighted by Crippen LogP contribution is -2.16. The second kappa shape index (κ2) is 8.59. The summed E-state index contributed by atoms with van der Waals surface area (Å²) in [4.78, 5) is 0.729. The maximum Gasteiger partial charge on any atom is 0.211 e. The van der Waals surface area contributed by atoms with Crippen molar-refractivity contribution in [2.45, 2.75) is 13.5 Å². The Bertz CT molecular complexity index is 1190. The van der Waals surface area contributed by atoms with Crippen molar-refractivity contribution in [3.63, 3.8) is 0 Å². The van der Waals surface area contributed by atoms with Crippen molar-refractivity contribution in [2.24, 2.45) is 10.2 Å². The molecule has 4 rings (SSSR count). The molecule has 0 spiro atoms. The van der Waals surface area contributed by atoms with E-state index in [0.29, 0.717) is 17.3 Å². The van der Waals surface area contributed by atoms with Crippen LogP contribution < -0.4 is 4.80 Å². The highest BCUT2D eigenvalue weighted by molar-refractivity contribution is 7.07. The Morgan fingerprint density at radius 1 is 1.10 bits per heavy atom. The van der Waals surface area contributed by atoms with Gasteiger partial charge in [0.15, 0.2) is 0 Å². The molecule has 0 atom stereocenters. The molecule has 146 valence electrons. The van der Waals surface area contributed by atoms with Gasteiger partial charge in [-0.2, -0.15) is 5.10 Å². The Kier molecular flexibility index (Phi) is 5.74. The van der Waals surface area contributed by atoms with E-state index >= 15 is 0 Å². The molecule has 2 aromatic heterocycles. The van der Waals surface area contributed by atoms with E-state index in [1.165, 1.54) is 23.5 Å². The standard InChI is InChI=1S/C22H17ClFN3OS/c1-15(16-6-10-19(24)11-7-16)25-26-22-27(13-20-3-2-12-28-20)21(14-29-22)17-4-8-18(23)9-5-17/h2-12,14H,13H2,1H3. The zero-order valence-electron chi connectivity index (χ0n) is 15.5. The van der Waals surface area contributed by atoms with E-state index in [9.17, 15) is 4.39 Å². The number of aromatic nitrogens is 1. The summed E-state index contributed by atoms with van der Waals surface area (Å²) in [5, 5.41) is 11.5. The van der Waals surface area contributed by atoms with E-state index in [1.807, 2.05) is 53.3 Å². The zero-order valence-corrected chi connectivity index (χ0v) is 17.1. The predicted octanol–water partition coefficient (Wildman–Crippen LogP) is 5.98. The van der Waals surface area contributed by atoms with Crippen LogP contribution in [0.5, 0.6) is 0 Å². The number of halogens is 2. The third-order valence-electron chi connectivity index (χ3n) is 4.38. The van der Waals surface area contributed by atoms with Crippen LogP contribution in [-0.2, 0) is 6.54 Å². The number of benzene rings is 2. The third kappa shape index (κ3) is 4.55. The number of thiazole rings is 1. The van der Waals surface area contributed by atoms with Crippen molar-refractivity contribution < 1.29 is 8.81 Å². The molecular weight excluding hydrogens is 409 g/mol. The van der Waals surface area contributed by atoms with Gasteiger partial charge in [0.1, 0.15) is 11.6 Å². The molecule has 0 fully saturated rings. The zero-order chi connectivity index (χ0) is 20.2. The second-order valence-corrected chi connectivity index (χ2v) is 7.64. The minimum atomic E-state index is -0.277. The summed E-state index contributed by atoms with van der Waals surface area (Å²) in [6.45, 7) is 2.37. The van der Waals surface area contributed by atoms with Gasteiger partial charge in [0.25, 0.3) is 0 Å². The van der Waals surface area contributed by atoms with Gasteiger partial charge in [0, 0.05) is 10.4 Å². The fourth-order valence-electron chi connectivity index (χ4n) is 2.84. The molecule has 0 N–H and O–H groups in total. The number of hydrogen-bond acceptors (Lipinski definition) is 4. The molecule has 0 aliphatic heterocycles. The van der Waals surface area contributed by atoms with E-state index in [1.54, 1.807) is 18.4 Å². The lowest BCUT2D eigenvalue weighted by Gasteiger charge is -2.07. The van der Waals surface area contributed by atoms with Crippen molar-refractivity contribution >= 4 is 28.6 Å². The van der Waals surface area contributed by atoms with Gasteiger partial charge in [0.05, 0.1) is 24.2 Å². The van der Waals surface area contributed by atoms with Crippen LogP contribution in [0, 0.1) is 5.82 Å². The van der Waals surface area contributed by atoms with E-state index < -0.39 is 0 Å². The number of hydrogen-bond donors (Lipinski definition) is 0. The van der Waals surface area contributed by atoms with Crippen LogP contribution in [0.25, 0.3) is 11.3 Å². The molecule has 0 saturated heterocycles. The molecule has 0 bridgehead atoms. The van der Waals surface area contributed by atoms with E-state index in [-0.39, 0.29) is 5.82 Å². The van der Waals surface area contributed by atoms with Crippen molar-refractivity contribution in [3.05, 3.63) is 99.3 Å². The van der Waals surface area contributed by atoms with Gasteiger partial charge in [-0.15, -0.1) is 16.4 Å². The largest absolute Gasteiger partial charge is 0.467 e. The fraction of sp³-hybridized carbons (Fsp3) is 0.0909. The quantitative estimate of drug-likeness (QED) is 0.286. The lowest BCUT2D eigenvalue weighted by molar-refractivity contribution is 0.491. The summed E-state index contributed by atoms with van der Waals surface area (Å²) in [6.07, 6.45) is 1.65. The first-order chi connectivity index (χ1) is 14.1. The Labute approximate surface area is 176 Å². The molecule has 0 saturated carbocycles. The van der Waals surface area contributed by atoms with Gasteiger partial charge < -0.3 is 8.98 Å². The number of rotatable bonds is 5. The first kappa shape index (κ1) is 19.4. The molecule has 0 radical (unpaired) electrons. The summed E-state index contributed by atoms with van der Waals surface area (Å²) in [7, 11) is 0. The summed E-state index contributed by atoms with van der Waals surface area (Å²) in [6, 6.07) is 17.6. The minimum absolute atomic E-state index is 0.277. The van der Waals surface area contributed by atoms with Crippen molar-refractivity contribution in [2.75, 3.05) is 0 Å². The van der Waals surface area contributed by atoms with Crippen LogP contribution in [0.1, 0.15) is 18.2 Å². The first-order valence-corrected chi connectivity index (χ1v) is 10.2. The molecular formula is C22H17ClFN3OS. The highest BCUT2D eigenvalue weighted by atomic mass is 35.5. The first-order valence-electron chi connectivity index (χ1n) is 8.91. The molecule has 4 nitrogen and oxygen atoms in total. The third-order valence-corrected chi connectivity index (χ3v) is 5.49. The molecule has 0 amide bonds. The van der Waals surface area contributed by atoms with Crippen molar-refractivity contribution in [3.8, 4) is 11.3 Å². The number of nitrogens with zero attached hydrogens (tertiary/aromatic N) is 3. The molecule has 0 aliphatic rings. The monoisotopic (exact) mass is 425 g/mol. The smallest absolute Gasteiger partial charge is 0.211 e. The molecule has 2 aromatic carbocycles. The summed E-state index contributed by atoms with van der Waals surface area (Å²) < 4.78 is 20.7. The topological polar surface area (TPSA) is 42.8 Å². The van der Waals surface area contributed by atoms with Gasteiger partial charge in [-0.05, 0) is 54.4 Å². The molecule has 2 heterocycles. The van der Waals surface area contributed by atoms with Crippen LogP contribution in [0.15, 0.2) is 86.9 Å². The van der Waals surface area contributed by atoms with Crippen molar-refractivity contribution in [1.82, 2.24) is 4.57 Å². The second-order valence-electron chi connectivity index (χ2n) is 6.37. The summed E-state index contributed by atoms with van der Waals surface area (Å²) in [5.74, 6) is 0.542. The SMILES string of the molecule is CC(=NN=c1scc(-c2ccc(Cl)cc2)n1Cc1ccco1)c1ccc(F)cc1. The summed E-state index contributed by atoms with van der Waals surface area (Å²) in [5.41, 5.74) is 3.55. The van der Waals surface area contributed by atoms with Crippen LogP contribution in [-0.4, -0.2) is 10.3 Å². The predicted molar refractivity (Wildman–Crippen MR) is 115 cm³/mol. The van der Waals surface area contributed by atoms with Crippen LogP contribution >= 0.6 is 22.9 Å².